The van der Waals surface area contributed by atoms with Gasteiger partial charge in [-0.25, -0.2) is 9.59 Å². The van der Waals surface area contributed by atoms with Crippen LogP contribution in [0.15, 0.2) is 62.5 Å². The third-order valence-electron chi connectivity index (χ3n) is 3.09. The number of fused-ring (bicyclic) bond motifs is 1. The molecular weight excluding hydrogens is 258 g/mol. The topological polar surface area (TPSA) is 72.4 Å². The minimum Gasteiger partial charge on any atom is -0.508 e. The molecule has 0 unspecified atom stereocenters. The molecule has 1 N–H and O–H groups in total. The Labute approximate surface area is 113 Å². The maximum Gasteiger partial charge on any atom is 0.422 e. The van der Waals surface area contributed by atoms with Gasteiger partial charge in [0.15, 0.2) is 0 Å². The van der Waals surface area contributed by atoms with Crippen LogP contribution in [-0.2, 0) is 6.54 Å². The van der Waals surface area contributed by atoms with Crippen LogP contribution in [0.25, 0.3) is 10.9 Å². The van der Waals surface area contributed by atoms with Crippen molar-refractivity contribution in [3.63, 3.8) is 0 Å². The van der Waals surface area contributed by atoms with Crippen LogP contribution < -0.4 is 11.4 Å². The number of hydrogen-bond donors (Lipinski definition) is 1. The number of phenolic OH excluding ortho intramolecular Hbond substituents is 1. The van der Waals surface area contributed by atoms with Gasteiger partial charge in [-0.2, -0.15) is 0 Å². The molecule has 5 nitrogen and oxygen atoms in total. The summed E-state index contributed by atoms with van der Waals surface area (Å²) < 4.78 is 6.11. The van der Waals surface area contributed by atoms with Gasteiger partial charge in [0.25, 0.3) is 0 Å². The zero-order valence-corrected chi connectivity index (χ0v) is 10.4. The molecule has 0 radical (unpaired) electrons. The summed E-state index contributed by atoms with van der Waals surface area (Å²) in [5, 5.41) is 9.62. The van der Waals surface area contributed by atoms with E-state index < -0.39 is 11.4 Å². The summed E-state index contributed by atoms with van der Waals surface area (Å²) in [6.07, 6.45) is 0. The van der Waals surface area contributed by atoms with Crippen molar-refractivity contribution in [3.05, 3.63) is 75.1 Å². The average molecular weight is 269 g/mol. The minimum absolute atomic E-state index is 0.158. The predicted octanol–water partition coefficient (Wildman–Crippen LogP) is 1.71. The lowest BCUT2D eigenvalue weighted by Crippen LogP contribution is -2.25. The fourth-order valence-electron chi connectivity index (χ4n) is 2.10. The molecule has 20 heavy (non-hydrogen) atoms. The van der Waals surface area contributed by atoms with Crippen molar-refractivity contribution in [2.45, 2.75) is 6.54 Å². The van der Waals surface area contributed by atoms with Crippen molar-refractivity contribution in [2.24, 2.45) is 0 Å². The molecule has 1 heterocycles. The Morgan fingerprint density at radius 1 is 1.00 bits per heavy atom. The molecule has 0 aliphatic rings. The van der Waals surface area contributed by atoms with Gasteiger partial charge in [0, 0.05) is 0 Å². The average Bonchev–Trinajstić information content (AvgIpc) is 2.45. The van der Waals surface area contributed by atoms with E-state index in [4.69, 9.17) is 4.42 Å². The predicted molar refractivity (Wildman–Crippen MR) is 74.0 cm³/mol. The van der Waals surface area contributed by atoms with Gasteiger partial charge in [0.1, 0.15) is 5.75 Å². The third kappa shape index (κ3) is 2.09. The largest absolute Gasteiger partial charge is 0.508 e. The van der Waals surface area contributed by atoms with Crippen molar-refractivity contribution in [1.29, 1.82) is 0 Å². The first kappa shape index (κ1) is 12.2. The highest BCUT2D eigenvalue weighted by molar-refractivity contribution is 5.77. The smallest absolute Gasteiger partial charge is 0.422 e. The third-order valence-corrected chi connectivity index (χ3v) is 3.09. The van der Waals surface area contributed by atoms with Crippen LogP contribution in [0.4, 0.5) is 0 Å². The Kier molecular flexibility index (Phi) is 2.87. The van der Waals surface area contributed by atoms with Gasteiger partial charge in [0.2, 0.25) is 0 Å². The molecule has 3 rings (SSSR count). The van der Waals surface area contributed by atoms with Crippen molar-refractivity contribution in [2.75, 3.05) is 0 Å². The van der Waals surface area contributed by atoms with E-state index in [2.05, 4.69) is 0 Å². The monoisotopic (exact) mass is 269 g/mol. The number of benzene rings is 2. The molecule has 0 bridgehead atoms. The van der Waals surface area contributed by atoms with E-state index in [0.717, 1.165) is 5.56 Å². The highest BCUT2D eigenvalue weighted by Crippen LogP contribution is 2.13. The minimum atomic E-state index is -0.693. The number of phenols is 1. The van der Waals surface area contributed by atoms with Crippen LogP contribution in [0.1, 0.15) is 5.56 Å². The molecule has 0 saturated heterocycles. The molecule has 1 aromatic heterocycles. The highest BCUT2D eigenvalue weighted by Gasteiger charge is 2.09. The molecule has 0 atom stereocenters. The van der Waals surface area contributed by atoms with Gasteiger partial charge in [-0.15, -0.1) is 0 Å². The zero-order valence-electron chi connectivity index (χ0n) is 10.4. The Hall–Kier alpha value is -2.82. The number of para-hydroxylation sites is 1. The fraction of sp³-hybridized carbons (Fsp3) is 0.0667. The molecule has 3 aromatic rings. The zero-order chi connectivity index (χ0) is 14.1. The lowest BCUT2D eigenvalue weighted by atomic mass is 10.2. The molecule has 0 fully saturated rings. The SMILES string of the molecule is O=c1oc(=O)n(Cc2ccc(O)cc2)c2ccccc12. The summed E-state index contributed by atoms with van der Waals surface area (Å²) in [6, 6.07) is 13.3. The summed E-state index contributed by atoms with van der Waals surface area (Å²) in [5.74, 6) is -0.535. The maximum atomic E-state index is 11.9. The first-order valence-corrected chi connectivity index (χ1v) is 6.06. The Balaban J connectivity index is 2.18. The van der Waals surface area contributed by atoms with Crippen LogP contribution in [0.3, 0.4) is 0 Å². The van der Waals surface area contributed by atoms with Gasteiger partial charge in [-0.3, -0.25) is 4.57 Å². The van der Waals surface area contributed by atoms with E-state index in [1.807, 2.05) is 0 Å². The van der Waals surface area contributed by atoms with E-state index in [1.165, 1.54) is 4.57 Å². The molecule has 0 amide bonds. The highest BCUT2D eigenvalue weighted by atomic mass is 16.4. The van der Waals surface area contributed by atoms with E-state index in [1.54, 1.807) is 48.5 Å². The van der Waals surface area contributed by atoms with E-state index in [0.29, 0.717) is 10.9 Å². The van der Waals surface area contributed by atoms with E-state index in [9.17, 15) is 14.7 Å². The van der Waals surface area contributed by atoms with Gasteiger partial charge in [0.05, 0.1) is 17.4 Å². The Morgan fingerprint density at radius 3 is 2.45 bits per heavy atom. The van der Waals surface area contributed by atoms with Gasteiger partial charge < -0.3 is 9.52 Å². The van der Waals surface area contributed by atoms with E-state index >= 15 is 0 Å². The first-order chi connectivity index (χ1) is 9.65. The van der Waals surface area contributed by atoms with Gasteiger partial charge in [-0.1, -0.05) is 24.3 Å². The Morgan fingerprint density at radius 2 is 1.70 bits per heavy atom. The number of hydrogen-bond acceptors (Lipinski definition) is 4. The van der Waals surface area contributed by atoms with Gasteiger partial charge in [-0.05, 0) is 29.8 Å². The lowest BCUT2D eigenvalue weighted by Gasteiger charge is -2.08. The molecule has 100 valence electrons. The lowest BCUT2D eigenvalue weighted by molar-refractivity contribution is 0.424. The second-order valence-electron chi connectivity index (χ2n) is 4.43. The second kappa shape index (κ2) is 4.70. The van der Waals surface area contributed by atoms with Crippen LogP contribution in [0, 0.1) is 0 Å². The molecule has 2 aromatic carbocycles. The number of rotatable bonds is 2. The molecule has 0 aliphatic carbocycles. The summed E-state index contributed by atoms with van der Waals surface area (Å²) >= 11 is 0. The fourth-order valence-corrected chi connectivity index (χ4v) is 2.10. The molecule has 0 spiro atoms. The van der Waals surface area contributed by atoms with Crippen LogP contribution in [0.2, 0.25) is 0 Å². The summed E-state index contributed by atoms with van der Waals surface area (Å²) in [6.45, 7) is 0.267. The van der Waals surface area contributed by atoms with Crippen molar-refractivity contribution >= 4 is 10.9 Å². The standard InChI is InChI=1S/C15H11NO4/c17-11-7-5-10(6-8-11)9-16-13-4-2-1-3-12(13)14(18)20-15(16)19/h1-8,17H,9H2. The normalized spacial score (nSPS) is 10.8. The quantitative estimate of drug-likeness (QED) is 0.768. The maximum absolute atomic E-state index is 11.9. The van der Waals surface area contributed by atoms with Crippen molar-refractivity contribution in [3.8, 4) is 5.75 Å². The number of aromatic hydroxyl groups is 1. The summed E-state index contributed by atoms with van der Waals surface area (Å²) in [7, 11) is 0. The molecule has 0 aliphatic heterocycles. The second-order valence-corrected chi connectivity index (χ2v) is 4.43. The van der Waals surface area contributed by atoms with Crippen molar-refractivity contribution < 1.29 is 9.52 Å². The van der Waals surface area contributed by atoms with E-state index in [-0.39, 0.29) is 12.3 Å². The van der Waals surface area contributed by atoms with Gasteiger partial charge >= 0.3 is 11.4 Å². The van der Waals surface area contributed by atoms with Crippen LogP contribution in [0.5, 0.6) is 5.75 Å². The summed E-state index contributed by atoms with van der Waals surface area (Å²) in [4.78, 5) is 23.5. The number of nitrogens with zero attached hydrogens (tertiary/aromatic N) is 1. The molecule has 5 heteroatoms. The number of aromatic nitrogens is 1. The Bertz CT molecular complexity index is 875. The molecular formula is C15H11NO4. The first-order valence-electron chi connectivity index (χ1n) is 6.06. The van der Waals surface area contributed by atoms with Crippen LogP contribution >= 0.6 is 0 Å². The van der Waals surface area contributed by atoms with Crippen molar-refractivity contribution in [1.82, 2.24) is 4.57 Å². The van der Waals surface area contributed by atoms with Crippen LogP contribution in [-0.4, -0.2) is 9.67 Å². The summed E-state index contributed by atoms with van der Waals surface area (Å²) in [5.41, 5.74) is 0.721. The molecule has 0 saturated carbocycles.